The summed E-state index contributed by atoms with van der Waals surface area (Å²) in [6.45, 7) is 0.768. The van der Waals surface area contributed by atoms with Crippen LogP contribution in [-0.4, -0.2) is 26.9 Å². The number of carbonyl (C=O) groups is 1. The summed E-state index contributed by atoms with van der Waals surface area (Å²) in [5.41, 5.74) is 4.82. The van der Waals surface area contributed by atoms with Crippen LogP contribution in [0.4, 0.5) is 0 Å². The minimum atomic E-state index is -0.452. The number of hydrogen-bond donors (Lipinski definition) is 4. The number of fused-ring (bicyclic) bond motifs is 3. The van der Waals surface area contributed by atoms with Gasteiger partial charge in [-0.2, -0.15) is 0 Å². The van der Waals surface area contributed by atoms with Crippen molar-refractivity contribution >= 4 is 38.8 Å². The van der Waals surface area contributed by atoms with Gasteiger partial charge in [0.2, 0.25) is 5.91 Å². The maximum absolute atomic E-state index is 13.3. The third kappa shape index (κ3) is 4.41. The Hall–Kier alpha value is -4.36. The van der Waals surface area contributed by atoms with Crippen LogP contribution in [0, 0.1) is 0 Å². The minimum Gasteiger partial charge on any atom is -0.460 e. The van der Waals surface area contributed by atoms with Crippen LogP contribution in [0.5, 0.6) is 0 Å². The van der Waals surface area contributed by atoms with Crippen molar-refractivity contribution in [3.05, 3.63) is 102 Å². The van der Waals surface area contributed by atoms with E-state index >= 15 is 0 Å². The standard InChI is InChI=1S/C28H25N5O2/c34-28(31-17-27-32-23-10-4-5-11-24(23)33-27)25(14-19-15-29-22-9-3-2-8-21(19)22)30-16-20-13-18-7-1-6-12-26(18)35-20/h1-13,15,25,29-30H,14,16-17H2,(H,31,34)(H,32,33). The third-order valence-corrected chi connectivity index (χ3v) is 6.28. The maximum Gasteiger partial charge on any atom is 0.237 e. The molecule has 0 saturated carbocycles. The monoisotopic (exact) mass is 463 g/mol. The number of hydrogen-bond acceptors (Lipinski definition) is 4. The fourth-order valence-electron chi connectivity index (χ4n) is 4.51. The van der Waals surface area contributed by atoms with Crippen LogP contribution >= 0.6 is 0 Å². The van der Waals surface area contributed by atoms with Crippen LogP contribution < -0.4 is 10.6 Å². The molecule has 7 nitrogen and oxygen atoms in total. The normalized spacial score (nSPS) is 12.5. The second-order valence-electron chi connectivity index (χ2n) is 8.67. The van der Waals surface area contributed by atoms with Crippen LogP contribution in [-0.2, 0) is 24.3 Å². The Morgan fingerprint density at radius 2 is 1.74 bits per heavy atom. The average molecular weight is 464 g/mol. The summed E-state index contributed by atoms with van der Waals surface area (Å²) >= 11 is 0. The van der Waals surface area contributed by atoms with Gasteiger partial charge in [-0.15, -0.1) is 0 Å². The van der Waals surface area contributed by atoms with E-state index in [1.54, 1.807) is 0 Å². The molecule has 1 atom stereocenters. The molecular weight excluding hydrogens is 438 g/mol. The van der Waals surface area contributed by atoms with Gasteiger partial charge >= 0.3 is 0 Å². The van der Waals surface area contributed by atoms with Gasteiger partial charge in [0, 0.05) is 22.5 Å². The van der Waals surface area contributed by atoms with Gasteiger partial charge in [-0.1, -0.05) is 48.5 Å². The van der Waals surface area contributed by atoms with Crippen LogP contribution in [0.1, 0.15) is 17.1 Å². The first-order valence-corrected chi connectivity index (χ1v) is 11.7. The van der Waals surface area contributed by atoms with E-state index in [2.05, 4.69) is 31.7 Å². The number of carbonyl (C=O) groups excluding carboxylic acids is 1. The topological polar surface area (TPSA) is 98.7 Å². The molecule has 6 rings (SSSR count). The number of para-hydroxylation sites is 4. The molecular formula is C28H25N5O2. The first-order chi connectivity index (χ1) is 17.2. The predicted octanol–water partition coefficient (Wildman–Crippen LogP) is 4.81. The summed E-state index contributed by atoms with van der Waals surface area (Å²) < 4.78 is 5.95. The summed E-state index contributed by atoms with van der Waals surface area (Å²) in [5.74, 6) is 1.43. The van der Waals surface area contributed by atoms with Crippen LogP contribution in [0.15, 0.2) is 89.5 Å². The first-order valence-electron chi connectivity index (χ1n) is 11.7. The minimum absolute atomic E-state index is 0.0909. The molecule has 35 heavy (non-hydrogen) atoms. The first kappa shape index (κ1) is 21.2. The highest BCUT2D eigenvalue weighted by Crippen LogP contribution is 2.21. The fourth-order valence-corrected chi connectivity index (χ4v) is 4.51. The van der Waals surface area contributed by atoms with Gasteiger partial charge in [0.15, 0.2) is 0 Å². The Morgan fingerprint density at radius 1 is 0.943 bits per heavy atom. The van der Waals surface area contributed by atoms with Crippen molar-refractivity contribution in [1.82, 2.24) is 25.6 Å². The molecule has 3 aromatic heterocycles. The van der Waals surface area contributed by atoms with Crippen molar-refractivity contribution in [3.63, 3.8) is 0 Å². The number of benzene rings is 3. The molecule has 1 unspecified atom stereocenters. The molecule has 3 aromatic carbocycles. The SMILES string of the molecule is O=C(NCc1nc2ccccc2[nH]1)C(Cc1c[nH]c2ccccc12)NCc1cc2ccccc2o1. The quantitative estimate of drug-likeness (QED) is 0.260. The Bertz CT molecular complexity index is 1560. The molecule has 7 heteroatoms. The molecule has 3 heterocycles. The number of furan rings is 1. The molecule has 1 amide bonds. The third-order valence-electron chi connectivity index (χ3n) is 6.28. The van der Waals surface area contributed by atoms with Gasteiger partial charge in [0.05, 0.1) is 30.2 Å². The average Bonchev–Trinajstić information content (AvgIpc) is 3.61. The molecule has 0 bridgehead atoms. The lowest BCUT2D eigenvalue weighted by atomic mass is 10.0. The zero-order valence-electron chi connectivity index (χ0n) is 19.0. The highest BCUT2D eigenvalue weighted by molar-refractivity contribution is 5.86. The van der Waals surface area contributed by atoms with Crippen molar-refractivity contribution in [2.75, 3.05) is 0 Å². The van der Waals surface area contributed by atoms with E-state index in [1.165, 1.54) is 0 Å². The highest BCUT2D eigenvalue weighted by Gasteiger charge is 2.21. The number of imidazole rings is 1. The highest BCUT2D eigenvalue weighted by atomic mass is 16.3. The van der Waals surface area contributed by atoms with Gasteiger partial charge in [0.25, 0.3) is 0 Å². The Morgan fingerprint density at radius 3 is 2.63 bits per heavy atom. The molecule has 0 spiro atoms. The number of H-pyrrole nitrogens is 2. The molecule has 6 aromatic rings. The van der Waals surface area contributed by atoms with Crippen molar-refractivity contribution in [3.8, 4) is 0 Å². The Kier molecular flexibility index (Phi) is 5.52. The second kappa shape index (κ2) is 9.12. The van der Waals surface area contributed by atoms with E-state index in [9.17, 15) is 4.79 Å². The summed E-state index contributed by atoms with van der Waals surface area (Å²) in [4.78, 5) is 24.5. The van der Waals surface area contributed by atoms with Gasteiger partial charge in [0.1, 0.15) is 17.2 Å². The fraction of sp³-hybridized carbons (Fsp3) is 0.143. The van der Waals surface area contributed by atoms with E-state index in [4.69, 9.17) is 4.42 Å². The maximum atomic E-state index is 13.3. The molecule has 4 N–H and O–H groups in total. The van der Waals surface area contributed by atoms with E-state index in [1.807, 2.05) is 79.0 Å². The summed E-state index contributed by atoms with van der Waals surface area (Å²) in [6, 6.07) is 25.4. The number of nitrogens with one attached hydrogen (secondary N) is 4. The van der Waals surface area contributed by atoms with Gasteiger partial charge < -0.3 is 19.7 Å². The zero-order chi connectivity index (χ0) is 23.6. The van der Waals surface area contributed by atoms with Gasteiger partial charge in [-0.3, -0.25) is 10.1 Å². The molecule has 0 aliphatic heterocycles. The zero-order valence-corrected chi connectivity index (χ0v) is 19.0. The lowest BCUT2D eigenvalue weighted by Crippen LogP contribution is -2.45. The van der Waals surface area contributed by atoms with Crippen molar-refractivity contribution < 1.29 is 9.21 Å². The number of aromatic nitrogens is 3. The summed E-state index contributed by atoms with van der Waals surface area (Å²) in [6.07, 6.45) is 2.52. The molecule has 174 valence electrons. The van der Waals surface area contributed by atoms with Crippen LogP contribution in [0.2, 0.25) is 0 Å². The Balaban J connectivity index is 1.21. The molecule has 0 fully saturated rings. The van der Waals surface area contributed by atoms with Crippen molar-refractivity contribution in [1.29, 1.82) is 0 Å². The molecule has 0 radical (unpaired) electrons. The summed E-state index contributed by atoms with van der Waals surface area (Å²) in [7, 11) is 0. The van der Waals surface area contributed by atoms with E-state index < -0.39 is 6.04 Å². The lowest BCUT2D eigenvalue weighted by molar-refractivity contribution is -0.123. The Labute approximate surface area is 201 Å². The number of rotatable bonds is 8. The van der Waals surface area contributed by atoms with E-state index in [-0.39, 0.29) is 5.91 Å². The second-order valence-corrected chi connectivity index (χ2v) is 8.67. The smallest absolute Gasteiger partial charge is 0.237 e. The molecule has 0 saturated heterocycles. The van der Waals surface area contributed by atoms with Gasteiger partial charge in [-0.25, -0.2) is 4.98 Å². The number of nitrogens with zero attached hydrogens (tertiary/aromatic N) is 1. The largest absolute Gasteiger partial charge is 0.460 e. The van der Waals surface area contributed by atoms with Crippen LogP contribution in [0.25, 0.3) is 32.9 Å². The van der Waals surface area contributed by atoms with E-state index in [0.717, 1.165) is 50.1 Å². The molecule has 0 aliphatic rings. The van der Waals surface area contributed by atoms with E-state index in [0.29, 0.717) is 19.5 Å². The molecule has 0 aliphatic carbocycles. The van der Waals surface area contributed by atoms with Crippen molar-refractivity contribution in [2.45, 2.75) is 25.6 Å². The summed E-state index contributed by atoms with van der Waals surface area (Å²) in [5, 5.41) is 8.63. The lowest BCUT2D eigenvalue weighted by Gasteiger charge is -2.17. The number of aromatic amines is 2. The van der Waals surface area contributed by atoms with Gasteiger partial charge in [-0.05, 0) is 42.3 Å². The van der Waals surface area contributed by atoms with Crippen molar-refractivity contribution in [2.24, 2.45) is 0 Å². The number of amides is 1. The van der Waals surface area contributed by atoms with Crippen LogP contribution in [0.3, 0.4) is 0 Å². The predicted molar refractivity (Wildman–Crippen MR) is 137 cm³/mol.